The second kappa shape index (κ2) is 5.24. The van der Waals surface area contributed by atoms with Gasteiger partial charge in [0, 0.05) is 37.9 Å². The normalized spacial score (nSPS) is 21.0. The van der Waals surface area contributed by atoms with Crippen molar-refractivity contribution in [1.29, 1.82) is 0 Å². The molecule has 6 heteroatoms. The van der Waals surface area contributed by atoms with Crippen LogP contribution in [-0.4, -0.2) is 44.5 Å². The molecule has 0 spiro atoms. The lowest BCUT2D eigenvalue weighted by Gasteiger charge is -2.31. The van der Waals surface area contributed by atoms with Gasteiger partial charge in [0.25, 0.3) is 0 Å². The topological polar surface area (TPSA) is 66.9 Å². The summed E-state index contributed by atoms with van der Waals surface area (Å²) in [6.45, 7) is 3.26. The van der Waals surface area contributed by atoms with Crippen LogP contribution in [0.1, 0.15) is 17.6 Å². The molecule has 0 saturated carbocycles. The summed E-state index contributed by atoms with van der Waals surface area (Å²) in [6.07, 6.45) is 8.76. The number of aromatic amines is 1. The number of hydrogen-bond acceptors (Lipinski definition) is 5. The largest absolute Gasteiger partial charge is 0.369 e. The number of imidazole rings is 1. The average Bonchev–Trinajstić information content (AvgIpc) is 2.93. The van der Waals surface area contributed by atoms with Crippen LogP contribution in [0.3, 0.4) is 0 Å². The van der Waals surface area contributed by atoms with Gasteiger partial charge in [0.1, 0.15) is 11.9 Å². The molecule has 0 aliphatic carbocycles. The molecule has 94 valence electrons. The molecule has 1 aliphatic heterocycles. The number of nitrogens with zero attached hydrogens (tertiary/aromatic N) is 4. The summed E-state index contributed by atoms with van der Waals surface area (Å²) in [5.41, 5.74) is 0.890. The van der Waals surface area contributed by atoms with E-state index in [0.717, 1.165) is 31.2 Å². The summed E-state index contributed by atoms with van der Waals surface area (Å²) in [4.78, 5) is 18.0. The van der Waals surface area contributed by atoms with Crippen LogP contribution in [0.5, 0.6) is 0 Å². The molecule has 18 heavy (non-hydrogen) atoms. The zero-order valence-electron chi connectivity index (χ0n) is 9.99. The summed E-state index contributed by atoms with van der Waals surface area (Å²) >= 11 is 0. The molecule has 0 aromatic carbocycles. The van der Waals surface area contributed by atoms with Crippen molar-refractivity contribution < 1.29 is 4.74 Å². The summed E-state index contributed by atoms with van der Waals surface area (Å²) in [7, 11) is 0. The minimum atomic E-state index is 0.00223. The minimum absolute atomic E-state index is 0.00223. The Morgan fingerprint density at radius 2 is 2.33 bits per heavy atom. The van der Waals surface area contributed by atoms with Crippen molar-refractivity contribution >= 4 is 0 Å². The first-order chi connectivity index (χ1) is 8.92. The van der Waals surface area contributed by atoms with Crippen molar-refractivity contribution in [2.24, 2.45) is 0 Å². The number of ether oxygens (including phenoxy) is 1. The fraction of sp³-hybridized carbons (Fsp3) is 0.417. The summed E-state index contributed by atoms with van der Waals surface area (Å²) in [5, 5.41) is 0. The van der Waals surface area contributed by atoms with Gasteiger partial charge in [-0.25, -0.2) is 4.98 Å². The standard InChI is InChI=1S/C12H15N5O/c1-2-14-10(7-13-1)11-8-17(5-6-18-11)9-12-15-3-4-16-12/h1-4,7,11H,5-6,8-9H2,(H,15,16). The molecule has 1 N–H and O–H groups in total. The predicted octanol–water partition coefficient (Wildman–Crippen LogP) is 0.773. The first kappa shape index (κ1) is 11.3. The van der Waals surface area contributed by atoms with E-state index in [4.69, 9.17) is 4.74 Å². The Morgan fingerprint density at radius 3 is 3.11 bits per heavy atom. The maximum atomic E-state index is 5.74. The van der Waals surface area contributed by atoms with Crippen molar-refractivity contribution in [3.63, 3.8) is 0 Å². The van der Waals surface area contributed by atoms with E-state index >= 15 is 0 Å². The lowest BCUT2D eigenvalue weighted by molar-refractivity contribution is -0.0358. The van der Waals surface area contributed by atoms with Crippen molar-refractivity contribution in [2.75, 3.05) is 19.7 Å². The monoisotopic (exact) mass is 245 g/mol. The molecule has 2 aromatic heterocycles. The highest BCUT2D eigenvalue weighted by Gasteiger charge is 2.23. The second-order valence-corrected chi connectivity index (χ2v) is 4.26. The third kappa shape index (κ3) is 2.55. The lowest BCUT2D eigenvalue weighted by Crippen LogP contribution is -2.38. The molecule has 0 amide bonds. The van der Waals surface area contributed by atoms with E-state index in [2.05, 4.69) is 24.8 Å². The minimum Gasteiger partial charge on any atom is -0.369 e. The number of nitrogens with one attached hydrogen (secondary N) is 1. The van der Waals surface area contributed by atoms with Gasteiger partial charge in [-0.15, -0.1) is 0 Å². The maximum absolute atomic E-state index is 5.74. The van der Waals surface area contributed by atoms with Gasteiger partial charge in [-0.1, -0.05) is 0 Å². The number of rotatable bonds is 3. The van der Waals surface area contributed by atoms with E-state index in [1.165, 1.54) is 0 Å². The van der Waals surface area contributed by atoms with Crippen LogP contribution in [0, 0.1) is 0 Å². The number of H-pyrrole nitrogens is 1. The van der Waals surface area contributed by atoms with Crippen molar-refractivity contribution in [3.8, 4) is 0 Å². The van der Waals surface area contributed by atoms with Gasteiger partial charge in [0.05, 0.1) is 25.0 Å². The molecule has 1 fully saturated rings. The van der Waals surface area contributed by atoms with Gasteiger partial charge in [-0.2, -0.15) is 0 Å². The van der Waals surface area contributed by atoms with Crippen LogP contribution < -0.4 is 0 Å². The van der Waals surface area contributed by atoms with Crippen LogP contribution in [0.15, 0.2) is 31.0 Å². The Morgan fingerprint density at radius 1 is 1.33 bits per heavy atom. The molecular formula is C12H15N5O. The van der Waals surface area contributed by atoms with E-state index in [9.17, 15) is 0 Å². The number of aromatic nitrogens is 4. The first-order valence-corrected chi connectivity index (χ1v) is 6.00. The fourth-order valence-corrected chi connectivity index (χ4v) is 2.10. The maximum Gasteiger partial charge on any atom is 0.120 e. The molecule has 3 rings (SSSR count). The summed E-state index contributed by atoms with van der Waals surface area (Å²) < 4.78 is 5.74. The third-order valence-corrected chi connectivity index (χ3v) is 2.99. The Balaban J connectivity index is 1.65. The van der Waals surface area contributed by atoms with Crippen molar-refractivity contribution in [2.45, 2.75) is 12.6 Å². The van der Waals surface area contributed by atoms with Crippen LogP contribution in [0.4, 0.5) is 0 Å². The van der Waals surface area contributed by atoms with Crippen LogP contribution in [-0.2, 0) is 11.3 Å². The van der Waals surface area contributed by atoms with E-state index in [1.807, 2.05) is 6.20 Å². The Hall–Kier alpha value is -1.79. The number of hydrogen-bond donors (Lipinski definition) is 1. The van der Waals surface area contributed by atoms with E-state index in [0.29, 0.717) is 6.61 Å². The zero-order chi connectivity index (χ0) is 12.2. The van der Waals surface area contributed by atoms with Gasteiger partial charge in [0.15, 0.2) is 0 Å². The summed E-state index contributed by atoms with van der Waals surface area (Å²) in [5.74, 6) is 0.981. The Labute approximate surface area is 105 Å². The van der Waals surface area contributed by atoms with Crippen molar-refractivity contribution in [1.82, 2.24) is 24.8 Å². The SMILES string of the molecule is c1cnc(C2CN(Cc3ncc[nH]3)CCO2)cn1. The van der Waals surface area contributed by atoms with Gasteiger partial charge >= 0.3 is 0 Å². The van der Waals surface area contributed by atoms with E-state index in [1.54, 1.807) is 24.8 Å². The average molecular weight is 245 g/mol. The zero-order valence-corrected chi connectivity index (χ0v) is 9.99. The molecule has 1 unspecified atom stereocenters. The van der Waals surface area contributed by atoms with E-state index < -0.39 is 0 Å². The van der Waals surface area contributed by atoms with Crippen molar-refractivity contribution in [3.05, 3.63) is 42.5 Å². The molecule has 6 nitrogen and oxygen atoms in total. The van der Waals surface area contributed by atoms with Gasteiger partial charge in [0.2, 0.25) is 0 Å². The van der Waals surface area contributed by atoms with Gasteiger partial charge in [-0.05, 0) is 0 Å². The van der Waals surface area contributed by atoms with Crippen LogP contribution in [0.25, 0.3) is 0 Å². The smallest absolute Gasteiger partial charge is 0.120 e. The highest BCUT2D eigenvalue weighted by atomic mass is 16.5. The second-order valence-electron chi connectivity index (χ2n) is 4.26. The Bertz CT molecular complexity index is 472. The molecule has 1 atom stereocenters. The lowest BCUT2D eigenvalue weighted by atomic mass is 10.2. The Kier molecular flexibility index (Phi) is 3.29. The quantitative estimate of drug-likeness (QED) is 0.865. The molecule has 3 heterocycles. The highest BCUT2D eigenvalue weighted by Crippen LogP contribution is 2.20. The predicted molar refractivity (Wildman–Crippen MR) is 64.6 cm³/mol. The molecule has 1 saturated heterocycles. The molecule has 0 bridgehead atoms. The van der Waals surface area contributed by atoms with E-state index in [-0.39, 0.29) is 6.10 Å². The fourth-order valence-electron chi connectivity index (χ4n) is 2.10. The molecule has 1 aliphatic rings. The van der Waals surface area contributed by atoms with Gasteiger partial charge < -0.3 is 9.72 Å². The third-order valence-electron chi connectivity index (χ3n) is 2.99. The van der Waals surface area contributed by atoms with Crippen LogP contribution in [0.2, 0.25) is 0 Å². The first-order valence-electron chi connectivity index (χ1n) is 6.00. The van der Waals surface area contributed by atoms with Crippen LogP contribution >= 0.6 is 0 Å². The highest BCUT2D eigenvalue weighted by molar-refractivity contribution is 5.02. The molecule has 0 radical (unpaired) electrons. The van der Waals surface area contributed by atoms with Gasteiger partial charge in [-0.3, -0.25) is 14.9 Å². The summed E-state index contributed by atoms with van der Waals surface area (Å²) in [6, 6.07) is 0. The molecular weight excluding hydrogens is 230 g/mol. The number of morpholine rings is 1. The molecule has 2 aromatic rings.